The molecule has 5 nitrogen and oxygen atoms in total. The number of nitrogens with zero attached hydrogens (tertiary/aromatic N) is 2. The van der Waals surface area contributed by atoms with Crippen molar-refractivity contribution < 1.29 is 14.3 Å². The van der Waals surface area contributed by atoms with Gasteiger partial charge in [-0.25, -0.2) is 0 Å². The SMILES string of the molecule is COCCN1C[C@]2(CCCN(CCCC(=O)c3ccccc3)C2)CCC1=O. The van der Waals surface area contributed by atoms with Crippen LogP contribution in [0, 0.1) is 5.41 Å². The van der Waals surface area contributed by atoms with Gasteiger partial charge in [-0.2, -0.15) is 0 Å². The second kappa shape index (κ2) is 9.47. The van der Waals surface area contributed by atoms with E-state index in [1.54, 1.807) is 7.11 Å². The average molecular weight is 373 g/mol. The Morgan fingerprint density at radius 2 is 1.96 bits per heavy atom. The van der Waals surface area contributed by atoms with E-state index in [1.165, 1.54) is 12.8 Å². The minimum Gasteiger partial charge on any atom is -0.383 e. The summed E-state index contributed by atoms with van der Waals surface area (Å²) in [5.74, 6) is 0.500. The number of likely N-dealkylation sites (tertiary alicyclic amines) is 2. The molecule has 0 bridgehead atoms. The normalized spacial score (nSPS) is 23.7. The van der Waals surface area contributed by atoms with Crippen molar-refractivity contribution >= 4 is 11.7 Å². The van der Waals surface area contributed by atoms with E-state index in [1.807, 2.05) is 35.2 Å². The van der Waals surface area contributed by atoms with E-state index in [2.05, 4.69) is 4.90 Å². The van der Waals surface area contributed by atoms with Gasteiger partial charge in [0, 0.05) is 50.6 Å². The number of hydrogen-bond acceptors (Lipinski definition) is 4. The van der Waals surface area contributed by atoms with Crippen molar-refractivity contribution in [3.05, 3.63) is 35.9 Å². The Morgan fingerprint density at radius 3 is 2.74 bits per heavy atom. The fourth-order valence-corrected chi connectivity index (χ4v) is 4.57. The molecule has 2 heterocycles. The summed E-state index contributed by atoms with van der Waals surface area (Å²) in [6, 6.07) is 9.56. The Hall–Kier alpha value is -1.72. The third-order valence-corrected chi connectivity index (χ3v) is 6.03. The first kappa shape index (κ1) is 20.0. The smallest absolute Gasteiger partial charge is 0.222 e. The monoisotopic (exact) mass is 372 g/mol. The molecule has 5 heteroatoms. The number of piperidine rings is 2. The van der Waals surface area contributed by atoms with Gasteiger partial charge in [0.15, 0.2) is 5.78 Å². The summed E-state index contributed by atoms with van der Waals surface area (Å²) in [6.45, 7) is 5.27. The van der Waals surface area contributed by atoms with Gasteiger partial charge in [0.05, 0.1) is 6.61 Å². The van der Waals surface area contributed by atoms with E-state index >= 15 is 0 Å². The van der Waals surface area contributed by atoms with Crippen molar-refractivity contribution in [1.29, 1.82) is 0 Å². The summed E-state index contributed by atoms with van der Waals surface area (Å²) >= 11 is 0. The van der Waals surface area contributed by atoms with Crippen molar-refractivity contribution in [1.82, 2.24) is 9.80 Å². The molecule has 0 aromatic heterocycles. The minimum absolute atomic E-state index is 0.226. The van der Waals surface area contributed by atoms with Gasteiger partial charge in [-0.1, -0.05) is 30.3 Å². The van der Waals surface area contributed by atoms with Crippen LogP contribution in [0.15, 0.2) is 30.3 Å². The maximum absolute atomic E-state index is 12.3. The molecule has 1 aromatic rings. The molecule has 2 aliphatic heterocycles. The molecule has 0 radical (unpaired) electrons. The average Bonchev–Trinajstić information content (AvgIpc) is 2.70. The number of methoxy groups -OCH3 is 1. The zero-order valence-electron chi connectivity index (χ0n) is 16.5. The lowest BCUT2D eigenvalue weighted by Gasteiger charge is -2.48. The number of carbonyl (C=O) groups excluding carboxylic acids is 2. The number of hydrogen-bond donors (Lipinski definition) is 0. The molecular weight excluding hydrogens is 340 g/mol. The van der Waals surface area contributed by atoms with E-state index in [9.17, 15) is 9.59 Å². The van der Waals surface area contributed by atoms with E-state index < -0.39 is 0 Å². The predicted octanol–water partition coefficient (Wildman–Crippen LogP) is 3.00. The Labute approximate surface area is 162 Å². The number of benzene rings is 1. The van der Waals surface area contributed by atoms with Crippen LogP contribution in [0.3, 0.4) is 0 Å². The molecule has 0 N–H and O–H groups in total. The van der Waals surface area contributed by atoms with E-state index in [4.69, 9.17) is 4.74 Å². The molecule has 1 atom stereocenters. The second-order valence-electron chi connectivity index (χ2n) is 8.08. The molecule has 1 aromatic carbocycles. The van der Waals surface area contributed by atoms with E-state index in [0.717, 1.165) is 44.6 Å². The molecule has 0 unspecified atom stereocenters. The first-order valence-electron chi connectivity index (χ1n) is 10.2. The van der Waals surface area contributed by atoms with Crippen LogP contribution < -0.4 is 0 Å². The number of rotatable bonds is 8. The zero-order valence-corrected chi connectivity index (χ0v) is 16.5. The van der Waals surface area contributed by atoms with Gasteiger partial charge in [0.2, 0.25) is 5.91 Å². The number of ketones is 1. The fraction of sp³-hybridized carbons (Fsp3) is 0.636. The summed E-state index contributed by atoms with van der Waals surface area (Å²) in [5.41, 5.74) is 1.04. The topological polar surface area (TPSA) is 49.9 Å². The summed E-state index contributed by atoms with van der Waals surface area (Å²) in [6.07, 6.45) is 5.53. The van der Waals surface area contributed by atoms with Crippen molar-refractivity contribution in [2.45, 2.75) is 38.5 Å². The number of Topliss-reactive ketones (excluding diaryl/α,β-unsaturated/α-hetero) is 1. The molecule has 1 spiro atoms. The molecule has 0 aliphatic carbocycles. The van der Waals surface area contributed by atoms with Crippen LogP contribution >= 0.6 is 0 Å². The van der Waals surface area contributed by atoms with Crippen molar-refractivity contribution in [2.75, 3.05) is 46.4 Å². The van der Waals surface area contributed by atoms with Gasteiger partial charge in [0.25, 0.3) is 0 Å². The third kappa shape index (κ3) is 5.39. The highest BCUT2D eigenvalue weighted by Gasteiger charge is 2.41. The van der Waals surface area contributed by atoms with Gasteiger partial charge >= 0.3 is 0 Å². The molecule has 3 rings (SSSR count). The van der Waals surface area contributed by atoms with Crippen LogP contribution in [0.4, 0.5) is 0 Å². The quantitative estimate of drug-likeness (QED) is 0.658. The Kier molecular flexibility index (Phi) is 7.02. The first-order chi connectivity index (χ1) is 13.1. The maximum atomic E-state index is 12.3. The highest BCUT2D eigenvalue weighted by Crippen LogP contribution is 2.38. The zero-order chi connectivity index (χ0) is 19.1. The molecular formula is C22H32N2O3. The lowest BCUT2D eigenvalue weighted by Crippen LogP contribution is -2.54. The highest BCUT2D eigenvalue weighted by molar-refractivity contribution is 5.95. The third-order valence-electron chi connectivity index (χ3n) is 6.03. The van der Waals surface area contributed by atoms with E-state index in [-0.39, 0.29) is 17.1 Å². The van der Waals surface area contributed by atoms with Crippen LogP contribution in [0.5, 0.6) is 0 Å². The van der Waals surface area contributed by atoms with Crippen LogP contribution in [0.25, 0.3) is 0 Å². The van der Waals surface area contributed by atoms with Crippen LogP contribution in [-0.4, -0.2) is 67.9 Å². The molecule has 1 amide bonds. The van der Waals surface area contributed by atoms with Gasteiger partial charge < -0.3 is 14.5 Å². The fourth-order valence-electron chi connectivity index (χ4n) is 4.57. The highest BCUT2D eigenvalue weighted by atomic mass is 16.5. The molecule has 148 valence electrons. The van der Waals surface area contributed by atoms with Gasteiger partial charge in [-0.05, 0) is 38.8 Å². The summed E-state index contributed by atoms with van der Waals surface area (Å²) in [5, 5.41) is 0. The van der Waals surface area contributed by atoms with Gasteiger partial charge in [0.1, 0.15) is 0 Å². The molecule has 0 saturated carbocycles. The number of carbonyl (C=O) groups is 2. The van der Waals surface area contributed by atoms with Gasteiger partial charge in [-0.15, -0.1) is 0 Å². The molecule has 2 fully saturated rings. The standard InChI is InChI=1S/C22H32N2O3/c1-27-16-15-24-18-22(12-10-21(24)26)11-6-14-23(17-22)13-5-9-20(25)19-7-3-2-4-8-19/h2-4,7-8H,5-6,9-18H2,1H3/t22-/m1/s1. The number of amides is 1. The maximum Gasteiger partial charge on any atom is 0.222 e. The van der Waals surface area contributed by atoms with Crippen molar-refractivity contribution in [3.8, 4) is 0 Å². The Balaban J connectivity index is 1.49. The van der Waals surface area contributed by atoms with Crippen LogP contribution in [0.1, 0.15) is 48.9 Å². The first-order valence-corrected chi connectivity index (χ1v) is 10.2. The number of ether oxygens (including phenoxy) is 1. The summed E-state index contributed by atoms with van der Waals surface area (Å²) < 4.78 is 5.17. The van der Waals surface area contributed by atoms with Crippen molar-refractivity contribution in [3.63, 3.8) is 0 Å². The summed E-state index contributed by atoms with van der Waals surface area (Å²) in [7, 11) is 1.68. The predicted molar refractivity (Wildman–Crippen MR) is 106 cm³/mol. The lowest BCUT2D eigenvalue weighted by molar-refractivity contribution is -0.140. The van der Waals surface area contributed by atoms with Gasteiger partial charge in [-0.3, -0.25) is 9.59 Å². The van der Waals surface area contributed by atoms with Crippen molar-refractivity contribution in [2.24, 2.45) is 5.41 Å². The Bertz CT molecular complexity index is 634. The lowest BCUT2D eigenvalue weighted by atomic mass is 9.73. The molecule has 2 aliphatic rings. The summed E-state index contributed by atoms with van der Waals surface area (Å²) in [4.78, 5) is 29.0. The molecule has 2 saturated heterocycles. The largest absolute Gasteiger partial charge is 0.383 e. The van der Waals surface area contributed by atoms with Crippen LogP contribution in [0.2, 0.25) is 0 Å². The molecule has 27 heavy (non-hydrogen) atoms. The minimum atomic E-state index is 0.226. The Morgan fingerprint density at radius 1 is 1.15 bits per heavy atom. The second-order valence-corrected chi connectivity index (χ2v) is 8.08. The van der Waals surface area contributed by atoms with E-state index in [0.29, 0.717) is 26.0 Å². The van der Waals surface area contributed by atoms with Crippen LogP contribution in [-0.2, 0) is 9.53 Å².